The van der Waals surface area contributed by atoms with Crippen LogP contribution in [0.15, 0.2) is 60.7 Å². The number of quaternary nitrogens is 2. The molecule has 2 amide bonds. The molecule has 2 aromatic rings. The molecule has 5 heteroatoms. The van der Waals surface area contributed by atoms with Gasteiger partial charge in [-0.2, -0.15) is 0 Å². The van der Waals surface area contributed by atoms with Crippen LogP contribution in [-0.2, 0) is 16.0 Å². The number of amides is 2. The lowest BCUT2D eigenvalue weighted by Gasteiger charge is -2.31. The minimum atomic E-state index is -0.233. The predicted molar refractivity (Wildman–Crippen MR) is 128 cm³/mol. The van der Waals surface area contributed by atoms with Crippen molar-refractivity contribution in [3.05, 3.63) is 71.8 Å². The monoisotopic (exact) mass is 433 g/mol. The second kappa shape index (κ2) is 10.7. The zero-order chi connectivity index (χ0) is 22.3. The fraction of sp³-hybridized carbons (Fsp3) is 0.407. The molecule has 2 aliphatic heterocycles. The number of hydrogen-bond acceptors (Lipinski definition) is 2. The third-order valence-corrected chi connectivity index (χ3v) is 6.77. The molecule has 0 saturated carbocycles. The van der Waals surface area contributed by atoms with E-state index in [1.165, 1.54) is 25.8 Å². The zero-order valence-electron chi connectivity index (χ0n) is 19.1. The molecule has 2 heterocycles. The molecule has 2 N–H and O–H groups in total. The van der Waals surface area contributed by atoms with E-state index in [9.17, 15) is 9.59 Å². The van der Waals surface area contributed by atoms with E-state index in [4.69, 9.17) is 0 Å². The van der Waals surface area contributed by atoms with E-state index in [2.05, 4.69) is 55.5 Å². The van der Waals surface area contributed by atoms with Gasteiger partial charge in [-0.1, -0.05) is 61.9 Å². The highest BCUT2D eigenvalue weighted by Gasteiger charge is 2.46. The summed E-state index contributed by atoms with van der Waals surface area (Å²) in [5, 5.41) is 0. The van der Waals surface area contributed by atoms with Crippen molar-refractivity contribution >= 4 is 23.6 Å². The minimum Gasteiger partial charge on any atom is -0.322 e. The summed E-state index contributed by atoms with van der Waals surface area (Å²) in [7, 11) is 0. The van der Waals surface area contributed by atoms with Crippen LogP contribution in [0.5, 0.6) is 0 Å². The maximum Gasteiger partial charge on any atom is 0.292 e. The van der Waals surface area contributed by atoms with Gasteiger partial charge in [-0.15, -0.1) is 0 Å². The summed E-state index contributed by atoms with van der Waals surface area (Å²) in [4.78, 5) is 30.1. The van der Waals surface area contributed by atoms with Gasteiger partial charge in [-0.05, 0) is 42.2 Å². The minimum absolute atomic E-state index is 0.0290. The van der Waals surface area contributed by atoms with E-state index in [1.807, 2.05) is 18.2 Å². The number of imide groups is 1. The molecule has 2 aromatic carbocycles. The number of nitrogens with zero attached hydrogens (tertiary/aromatic N) is 1. The van der Waals surface area contributed by atoms with Crippen LogP contribution in [0.4, 0.5) is 5.69 Å². The second-order valence-corrected chi connectivity index (χ2v) is 9.02. The summed E-state index contributed by atoms with van der Waals surface area (Å²) in [6, 6.07) is 18.1. The number of hydrogen-bond donors (Lipinski definition) is 2. The van der Waals surface area contributed by atoms with Crippen LogP contribution in [0.25, 0.3) is 6.08 Å². The van der Waals surface area contributed by atoms with Crippen molar-refractivity contribution in [2.45, 2.75) is 38.6 Å². The first-order valence-electron chi connectivity index (χ1n) is 12.0. The van der Waals surface area contributed by atoms with Gasteiger partial charge in [0.05, 0.1) is 18.7 Å². The van der Waals surface area contributed by atoms with Crippen molar-refractivity contribution in [1.29, 1.82) is 0 Å². The average Bonchev–Trinajstić information content (AvgIpc) is 3.13. The molecule has 0 bridgehead atoms. The van der Waals surface area contributed by atoms with E-state index in [-0.39, 0.29) is 17.9 Å². The maximum atomic E-state index is 13.1. The lowest BCUT2D eigenvalue weighted by molar-refractivity contribution is -1.02. The molecule has 4 rings (SSSR count). The molecule has 0 aliphatic carbocycles. The van der Waals surface area contributed by atoms with Crippen LogP contribution in [0, 0.1) is 0 Å². The predicted octanol–water partition coefficient (Wildman–Crippen LogP) is 1.16. The first-order chi connectivity index (χ1) is 15.7. The zero-order valence-corrected chi connectivity index (χ0v) is 19.1. The Bertz CT molecular complexity index is 931. The van der Waals surface area contributed by atoms with Crippen molar-refractivity contribution in [2.24, 2.45) is 0 Å². The van der Waals surface area contributed by atoms with Crippen molar-refractivity contribution in [1.82, 2.24) is 0 Å². The Balaban J connectivity index is 1.30. The summed E-state index contributed by atoms with van der Waals surface area (Å²) >= 11 is 0. The average molecular weight is 434 g/mol. The topological polar surface area (TPSA) is 46.3 Å². The molecule has 0 spiro atoms. The molecule has 2 aliphatic rings. The lowest BCUT2D eigenvalue weighted by Crippen LogP contribution is -3.30. The van der Waals surface area contributed by atoms with Gasteiger partial charge in [-0.25, -0.2) is 4.90 Å². The number of piperazine rings is 1. The normalized spacial score (nSPS) is 23.9. The highest BCUT2D eigenvalue weighted by molar-refractivity contribution is 6.21. The summed E-state index contributed by atoms with van der Waals surface area (Å²) < 4.78 is 0. The van der Waals surface area contributed by atoms with E-state index in [0.717, 1.165) is 57.7 Å². The summed E-state index contributed by atoms with van der Waals surface area (Å²) in [5.41, 5.74) is 3.21. The second-order valence-electron chi connectivity index (χ2n) is 9.02. The van der Waals surface area contributed by atoms with E-state index in [1.54, 1.807) is 0 Å². The van der Waals surface area contributed by atoms with Crippen LogP contribution in [0.1, 0.15) is 37.3 Å². The van der Waals surface area contributed by atoms with Gasteiger partial charge in [0.2, 0.25) is 5.91 Å². The van der Waals surface area contributed by atoms with Crippen LogP contribution >= 0.6 is 0 Å². The third kappa shape index (κ3) is 5.34. The number of benzene rings is 2. The Morgan fingerprint density at radius 1 is 0.969 bits per heavy atom. The fourth-order valence-electron chi connectivity index (χ4n) is 4.82. The van der Waals surface area contributed by atoms with Crippen molar-refractivity contribution in [3.8, 4) is 0 Å². The quantitative estimate of drug-likeness (QED) is 0.614. The van der Waals surface area contributed by atoms with Crippen molar-refractivity contribution < 1.29 is 19.4 Å². The largest absolute Gasteiger partial charge is 0.322 e. The Hall–Kier alpha value is -2.76. The van der Waals surface area contributed by atoms with Gasteiger partial charge in [-0.3, -0.25) is 9.59 Å². The van der Waals surface area contributed by atoms with Crippen LogP contribution in [0.2, 0.25) is 0 Å². The molecular formula is C27H35N3O2+2. The highest BCUT2D eigenvalue weighted by atomic mass is 16.2. The first-order valence-corrected chi connectivity index (χ1v) is 12.0. The summed E-state index contributed by atoms with van der Waals surface area (Å²) in [6.07, 6.45) is 8.10. The summed E-state index contributed by atoms with van der Waals surface area (Å²) in [6.45, 7) is 7.10. The van der Waals surface area contributed by atoms with Gasteiger partial charge in [0, 0.05) is 0 Å². The maximum absolute atomic E-state index is 13.1. The molecule has 2 saturated heterocycles. The Morgan fingerprint density at radius 2 is 1.69 bits per heavy atom. The molecule has 0 aromatic heterocycles. The molecule has 32 heavy (non-hydrogen) atoms. The first kappa shape index (κ1) is 22.4. The molecule has 5 nitrogen and oxygen atoms in total. The Kier molecular flexibility index (Phi) is 7.51. The van der Waals surface area contributed by atoms with Crippen LogP contribution in [0.3, 0.4) is 0 Å². The van der Waals surface area contributed by atoms with Crippen molar-refractivity contribution in [3.63, 3.8) is 0 Å². The standard InChI is InChI=1S/C27H33N3O2/c1-2-3-8-23-12-14-24(15-13-23)30-26(31)21-25(27(30)32)29-19-17-28(18-20-29)16-7-11-22-9-5-4-6-10-22/h4-7,9-15,25H,2-3,8,16-21H2,1H3/p+2/b11-7+/t25-/m0/s1. The molecule has 0 radical (unpaired) electrons. The number of carbonyl (C=O) groups excluding carboxylic acids is 2. The number of rotatable bonds is 8. The van der Waals surface area contributed by atoms with Crippen LogP contribution in [-0.4, -0.2) is 50.6 Å². The highest BCUT2D eigenvalue weighted by Crippen LogP contribution is 2.23. The Morgan fingerprint density at radius 3 is 2.38 bits per heavy atom. The number of aryl methyl sites for hydroxylation is 1. The van der Waals surface area contributed by atoms with E-state index >= 15 is 0 Å². The molecule has 1 atom stereocenters. The molecule has 168 valence electrons. The lowest BCUT2D eigenvalue weighted by atomic mass is 10.1. The van der Waals surface area contributed by atoms with Gasteiger partial charge in [0.15, 0.2) is 6.04 Å². The SMILES string of the molecule is CCCCc1ccc(N2C(=O)C[C@H]([NH+]3CC[NH+](C/C=C/c4ccccc4)CC3)C2=O)cc1. The smallest absolute Gasteiger partial charge is 0.292 e. The Labute approximate surface area is 191 Å². The number of unbranched alkanes of at least 4 members (excludes halogenated alkanes) is 1. The number of anilines is 1. The van der Waals surface area contributed by atoms with E-state index < -0.39 is 0 Å². The third-order valence-electron chi connectivity index (χ3n) is 6.77. The van der Waals surface area contributed by atoms with Gasteiger partial charge in [0.1, 0.15) is 26.2 Å². The van der Waals surface area contributed by atoms with Crippen LogP contribution < -0.4 is 14.7 Å². The van der Waals surface area contributed by atoms with E-state index in [0.29, 0.717) is 6.42 Å². The number of nitrogens with one attached hydrogen (secondary N) is 2. The molecule has 0 unspecified atom stereocenters. The van der Waals surface area contributed by atoms with Crippen molar-refractivity contribution in [2.75, 3.05) is 37.6 Å². The van der Waals surface area contributed by atoms with Gasteiger partial charge >= 0.3 is 0 Å². The fourth-order valence-corrected chi connectivity index (χ4v) is 4.82. The molecular weight excluding hydrogens is 398 g/mol. The number of carbonyl (C=O) groups is 2. The molecule has 2 fully saturated rings. The van der Waals surface area contributed by atoms with Gasteiger partial charge < -0.3 is 9.80 Å². The van der Waals surface area contributed by atoms with Gasteiger partial charge in [0.25, 0.3) is 5.91 Å². The summed E-state index contributed by atoms with van der Waals surface area (Å²) in [5.74, 6) is -0.0897.